The van der Waals surface area contributed by atoms with Crippen molar-refractivity contribution in [3.05, 3.63) is 17.2 Å². The van der Waals surface area contributed by atoms with Crippen LogP contribution in [0.5, 0.6) is 0 Å². The lowest BCUT2D eigenvalue weighted by molar-refractivity contribution is 0.276. The van der Waals surface area contributed by atoms with Crippen molar-refractivity contribution in [1.29, 1.82) is 0 Å². The molecule has 17 heavy (non-hydrogen) atoms. The largest absolute Gasteiger partial charge is 0.326 e. The van der Waals surface area contributed by atoms with Crippen molar-refractivity contribution in [3.63, 3.8) is 0 Å². The van der Waals surface area contributed by atoms with E-state index in [1.807, 2.05) is 0 Å². The molecule has 0 amide bonds. The number of imidazole rings is 1. The Labute approximate surface area is 105 Å². The van der Waals surface area contributed by atoms with E-state index in [9.17, 15) is 0 Å². The highest BCUT2D eigenvalue weighted by Crippen LogP contribution is 2.31. The second kappa shape index (κ2) is 4.81. The molecule has 96 valence electrons. The molecule has 0 spiro atoms. The zero-order chi connectivity index (χ0) is 12.5. The summed E-state index contributed by atoms with van der Waals surface area (Å²) in [5, 5.41) is 3.42. The third-order valence-corrected chi connectivity index (χ3v) is 4.34. The highest BCUT2D eigenvalue weighted by molar-refractivity contribution is 5.22. The second-order valence-corrected chi connectivity index (χ2v) is 5.24. The molecular formula is C14H25N3. The lowest BCUT2D eigenvalue weighted by Crippen LogP contribution is -2.34. The van der Waals surface area contributed by atoms with Crippen LogP contribution in [0, 0.1) is 0 Å². The fourth-order valence-corrected chi connectivity index (χ4v) is 2.81. The van der Waals surface area contributed by atoms with Crippen LogP contribution in [0.15, 0.2) is 0 Å². The van der Waals surface area contributed by atoms with Crippen molar-refractivity contribution in [2.45, 2.75) is 65.5 Å². The molecule has 1 N–H and O–H groups in total. The van der Waals surface area contributed by atoms with Crippen molar-refractivity contribution in [2.24, 2.45) is 0 Å². The number of nitrogens with one attached hydrogen (secondary N) is 1. The van der Waals surface area contributed by atoms with E-state index in [4.69, 9.17) is 4.98 Å². The van der Waals surface area contributed by atoms with Crippen LogP contribution in [0.2, 0.25) is 0 Å². The van der Waals surface area contributed by atoms with Gasteiger partial charge in [-0.1, -0.05) is 20.8 Å². The Bertz CT molecular complexity index is 388. The number of hydrogen-bond donors (Lipinski definition) is 1. The maximum absolute atomic E-state index is 4.83. The van der Waals surface area contributed by atoms with Crippen LogP contribution < -0.4 is 5.32 Å². The Balaban J connectivity index is 2.54. The van der Waals surface area contributed by atoms with Crippen LogP contribution in [0.3, 0.4) is 0 Å². The summed E-state index contributed by atoms with van der Waals surface area (Å²) in [6, 6.07) is 0. The lowest BCUT2D eigenvalue weighted by atomic mass is 9.93. The monoisotopic (exact) mass is 235 g/mol. The number of hydrogen-bond acceptors (Lipinski definition) is 2. The summed E-state index contributed by atoms with van der Waals surface area (Å²) in [7, 11) is 0. The van der Waals surface area contributed by atoms with E-state index in [0.717, 1.165) is 25.9 Å². The Hall–Kier alpha value is -0.830. The molecule has 0 saturated carbocycles. The fraction of sp³-hybridized carbons (Fsp3) is 0.786. The summed E-state index contributed by atoms with van der Waals surface area (Å²) in [4.78, 5) is 4.83. The molecule has 2 rings (SSSR count). The minimum atomic E-state index is 0.239. The van der Waals surface area contributed by atoms with Gasteiger partial charge in [-0.05, 0) is 19.8 Å². The maximum Gasteiger partial charge on any atom is 0.109 e. The molecule has 0 radical (unpaired) electrons. The van der Waals surface area contributed by atoms with Crippen LogP contribution in [0.25, 0.3) is 0 Å². The van der Waals surface area contributed by atoms with Gasteiger partial charge < -0.3 is 9.88 Å². The van der Waals surface area contributed by atoms with Gasteiger partial charge in [-0.15, -0.1) is 0 Å². The van der Waals surface area contributed by atoms with Gasteiger partial charge >= 0.3 is 0 Å². The lowest BCUT2D eigenvalue weighted by Gasteiger charge is -2.33. The Morgan fingerprint density at radius 1 is 1.29 bits per heavy atom. The topological polar surface area (TPSA) is 29.9 Å². The van der Waals surface area contributed by atoms with Crippen molar-refractivity contribution < 1.29 is 0 Å². The van der Waals surface area contributed by atoms with Crippen LogP contribution in [-0.2, 0) is 24.9 Å². The van der Waals surface area contributed by atoms with E-state index in [0.29, 0.717) is 0 Å². The molecule has 0 unspecified atom stereocenters. The van der Waals surface area contributed by atoms with E-state index in [-0.39, 0.29) is 5.54 Å². The summed E-state index contributed by atoms with van der Waals surface area (Å²) in [5.74, 6) is 1.27. The molecule has 1 aliphatic heterocycles. The zero-order valence-corrected chi connectivity index (χ0v) is 11.6. The highest BCUT2D eigenvalue weighted by atomic mass is 15.2. The summed E-state index contributed by atoms with van der Waals surface area (Å²) >= 11 is 0. The Morgan fingerprint density at radius 3 is 2.59 bits per heavy atom. The third kappa shape index (κ3) is 2.01. The molecule has 1 aliphatic rings. The van der Waals surface area contributed by atoms with Crippen molar-refractivity contribution >= 4 is 0 Å². The fourth-order valence-electron chi connectivity index (χ4n) is 2.81. The standard InChI is InChI=1S/C14H25N3/c1-5-13-16-11-10-15-9-8-12(11)17(13)14(4,6-2)7-3/h15H,5-10H2,1-4H3. The average molecular weight is 235 g/mol. The molecule has 0 atom stereocenters. The summed E-state index contributed by atoms with van der Waals surface area (Å²) in [6.45, 7) is 11.2. The SMILES string of the molecule is CCc1nc2c(n1C(C)(CC)CC)CCNC2. The van der Waals surface area contributed by atoms with Gasteiger partial charge in [0.1, 0.15) is 5.82 Å². The van der Waals surface area contributed by atoms with Gasteiger partial charge in [-0.25, -0.2) is 4.98 Å². The first-order valence-electron chi connectivity index (χ1n) is 6.96. The van der Waals surface area contributed by atoms with Gasteiger partial charge in [0.05, 0.1) is 5.69 Å². The Morgan fingerprint density at radius 2 is 2.00 bits per heavy atom. The molecule has 0 bridgehead atoms. The van der Waals surface area contributed by atoms with Gasteiger partial charge in [0.25, 0.3) is 0 Å². The number of aromatic nitrogens is 2. The molecular weight excluding hydrogens is 210 g/mol. The smallest absolute Gasteiger partial charge is 0.109 e. The highest BCUT2D eigenvalue weighted by Gasteiger charge is 2.30. The quantitative estimate of drug-likeness (QED) is 0.869. The summed E-state index contributed by atoms with van der Waals surface area (Å²) < 4.78 is 2.54. The third-order valence-electron chi connectivity index (χ3n) is 4.34. The predicted molar refractivity (Wildman–Crippen MR) is 71.2 cm³/mol. The van der Waals surface area contributed by atoms with Gasteiger partial charge in [0.15, 0.2) is 0 Å². The van der Waals surface area contributed by atoms with Crippen LogP contribution >= 0.6 is 0 Å². The van der Waals surface area contributed by atoms with Gasteiger partial charge in [-0.2, -0.15) is 0 Å². The van der Waals surface area contributed by atoms with Gasteiger partial charge in [-0.3, -0.25) is 0 Å². The zero-order valence-electron chi connectivity index (χ0n) is 11.6. The van der Waals surface area contributed by atoms with Crippen LogP contribution in [0.4, 0.5) is 0 Å². The molecule has 0 fully saturated rings. The number of aryl methyl sites for hydroxylation is 1. The number of fused-ring (bicyclic) bond motifs is 1. The molecule has 3 heteroatoms. The summed E-state index contributed by atoms with van der Waals surface area (Å²) in [6.07, 6.45) is 4.50. The van der Waals surface area contributed by atoms with E-state index in [1.165, 1.54) is 30.1 Å². The molecule has 0 saturated heterocycles. The van der Waals surface area contributed by atoms with Gasteiger partial charge in [0, 0.05) is 37.2 Å². The predicted octanol–water partition coefficient (Wildman–Crippen LogP) is 2.63. The number of rotatable bonds is 4. The maximum atomic E-state index is 4.83. The average Bonchev–Trinajstić information content (AvgIpc) is 2.76. The molecule has 2 heterocycles. The van der Waals surface area contributed by atoms with E-state index in [2.05, 4.69) is 37.6 Å². The van der Waals surface area contributed by atoms with Crippen LogP contribution in [-0.4, -0.2) is 16.1 Å². The molecule has 1 aromatic rings. The first-order chi connectivity index (χ1) is 8.16. The van der Waals surface area contributed by atoms with E-state index >= 15 is 0 Å². The summed E-state index contributed by atoms with van der Waals surface area (Å²) in [5.41, 5.74) is 3.00. The van der Waals surface area contributed by atoms with E-state index in [1.54, 1.807) is 0 Å². The number of nitrogens with zero attached hydrogens (tertiary/aromatic N) is 2. The first kappa shape index (κ1) is 12.6. The molecule has 1 aromatic heterocycles. The van der Waals surface area contributed by atoms with Gasteiger partial charge in [0.2, 0.25) is 0 Å². The van der Waals surface area contributed by atoms with Crippen LogP contribution in [0.1, 0.15) is 57.7 Å². The van der Waals surface area contributed by atoms with Crippen molar-refractivity contribution in [1.82, 2.24) is 14.9 Å². The normalized spacial score (nSPS) is 16.0. The molecule has 0 aliphatic carbocycles. The minimum Gasteiger partial charge on any atom is -0.326 e. The van der Waals surface area contributed by atoms with Crippen molar-refractivity contribution in [3.8, 4) is 0 Å². The second-order valence-electron chi connectivity index (χ2n) is 5.24. The molecule has 0 aromatic carbocycles. The van der Waals surface area contributed by atoms with E-state index < -0.39 is 0 Å². The van der Waals surface area contributed by atoms with Crippen molar-refractivity contribution in [2.75, 3.05) is 6.54 Å². The minimum absolute atomic E-state index is 0.239. The Kier molecular flexibility index (Phi) is 3.57. The molecule has 3 nitrogen and oxygen atoms in total. The first-order valence-corrected chi connectivity index (χ1v) is 6.96.